The number of para-hydroxylation sites is 2. The Labute approximate surface area is 146 Å². The van der Waals surface area contributed by atoms with Crippen LogP contribution in [0.4, 0.5) is 11.4 Å². The topological polar surface area (TPSA) is 57.6 Å². The van der Waals surface area contributed by atoms with Crippen molar-refractivity contribution in [1.29, 1.82) is 0 Å². The zero-order valence-electron chi connectivity index (χ0n) is 13.3. The highest BCUT2D eigenvalue weighted by atomic mass is 32.2. The van der Waals surface area contributed by atoms with Gasteiger partial charge in [-0.25, -0.2) is 0 Å². The molecule has 0 bridgehead atoms. The number of fused-ring (bicyclic) bond motifs is 2. The second kappa shape index (κ2) is 6.47. The normalized spacial score (nSPS) is 15.0. The molecular formula is C18H17NO3S2. The van der Waals surface area contributed by atoms with E-state index in [1.54, 1.807) is 42.7 Å². The summed E-state index contributed by atoms with van der Waals surface area (Å²) < 4.78 is 34.3. The fourth-order valence-corrected chi connectivity index (χ4v) is 4.70. The third-order valence-corrected chi connectivity index (χ3v) is 5.76. The van der Waals surface area contributed by atoms with Gasteiger partial charge in [-0.2, -0.15) is 8.42 Å². The maximum atomic E-state index is 12.2. The average molecular weight is 359 g/mol. The summed E-state index contributed by atoms with van der Waals surface area (Å²) in [4.78, 5) is 3.49. The molecule has 3 rings (SSSR count). The first-order valence-electron chi connectivity index (χ1n) is 7.40. The third-order valence-electron chi connectivity index (χ3n) is 3.63. The molecule has 0 unspecified atom stereocenters. The van der Waals surface area contributed by atoms with E-state index in [2.05, 4.69) is 0 Å². The third kappa shape index (κ3) is 3.00. The standard InChI is InChI=1S/C18H17NO3S2/c1-3-8-13(2)18(24(20,21)22)19-14-9-4-6-11-16(14)23-17-12-7-5-10-15(17)19/h3-12H,1-2H3,(H,20,21,22)/b8-3-,18-13+. The van der Waals surface area contributed by atoms with Gasteiger partial charge in [-0.3, -0.25) is 9.45 Å². The van der Waals surface area contributed by atoms with Crippen LogP contribution in [0.2, 0.25) is 0 Å². The van der Waals surface area contributed by atoms with E-state index in [0.717, 1.165) is 21.2 Å². The Hall–Kier alpha value is -2.02. The first-order chi connectivity index (χ1) is 11.4. The van der Waals surface area contributed by atoms with Crippen LogP contribution in [-0.4, -0.2) is 13.0 Å². The summed E-state index contributed by atoms with van der Waals surface area (Å²) in [5, 5.41) is -0.124. The Kier molecular flexibility index (Phi) is 4.54. The van der Waals surface area contributed by atoms with Crippen molar-refractivity contribution in [2.24, 2.45) is 0 Å². The largest absolute Gasteiger partial charge is 0.310 e. The SMILES string of the molecule is C/C=C\C(C)=C(/N1c2ccccc2Sc2ccccc21)S(=O)(=O)O. The van der Waals surface area contributed by atoms with E-state index >= 15 is 0 Å². The second-order valence-electron chi connectivity index (χ2n) is 5.34. The number of hydrogen-bond acceptors (Lipinski definition) is 4. The molecule has 0 aromatic heterocycles. The minimum absolute atomic E-state index is 0.124. The van der Waals surface area contributed by atoms with E-state index in [-0.39, 0.29) is 5.03 Å². The van der Waals surface area contributed by atoms with E-state index in [9.17, 15) is 13.0 Å². The van der Waals surface area contributed by atoms with Gasteiger partial charge in [-0.1, -0.05) is 48.2 Å². The molecule has 1 N–H and O–H groups in total. The molecule has 2 aromatic rings. The molecule has 124 valence electrons. The summed E-state index contributed by atoms with van der Waals surface area (Å²) in [7, 11) is -4.43. The Morgan fingerprint density at radius 1 is 1.04 bits per heavy atom. The van der Waals surface area contributed by atoms with E-state index < -0.39 is 10.1 Å². The summed E-state index contributed by atoms with van der Waals surface area (Å²) >= 11 is 1.58. The van der Waals surface area contributed by atoms with Gasteiger partial charge in [0.1, 0.15) is 0 Å². The lowest BCUT2D eigenvalue weighted by Gasteiger charge is -2.33. The van der Waals surface area contributed by atoms with Crippen molar-refractivity contribution in [2.75, 3.05) is 4.90 Å². The van der Waals surface area contributed by atoms with Gasteiger partial charge in [-0.15, -0.1) is 0 Å². The van der Waals surface area contributed by atoms with Crippen LogP contribution < -0.4 is 4.90 Å². The van der Waals surface area contributed by atoms with Crippen molar-refractivity contribution in [3.05, 3.63) is 71.3 Å². The van der Waals surface area contributed by atoms with Crippen LogP contribution in [0.1, 0.15) is 13.8 Å². The van der Waals surface area contributed by atoms with Gasteiger partial charge in [0.2, 0.25) is 0 Å². The Balaban J connectivity index is 2.36. The summed E-state index contributed by atoms with van der Waals surface area (Å²) in [6, 6.07) is 15.1. The van der Waals surface area contributed by atoms with Gasteiger partial charge in [0, 0.05) is 9.79 Å². The van der Waals surface area contributed by atoms with Gasteiger partial charge >= 0.3 is 10.1 Å². The predicted molar refractivity (Wildman–Crippen MR) is 98.2 cm³/mol. The molecule has 1 aliphatic heterocycles. The van der Waals surface area contributed by atoms with E-state index in [0.29, 0.717) is 5.57 Å². The van der Waals surface area contributed by atoms with E-state index in [1.807, 2.05) is 48.5 Å². The highest BCUT2D eigenvalue weighted by molar-refractivity contribution is 7.99. The maximum absolute atomic E-state index is 12.2. The highest BCUT2D eigenvalue weighted by Gasteiger charge is 2.32. The lowest BCUT2D eigenvalue weighted by atomic mass is 10.2. The van der Waals surface area contributed by atoms with Crippen LogP contribution in [0.25, 0.3) is 0 Å². The smallest absolute Gasteiger partial charge is 0.296 e. The van der Waals surface area contributed by atoms with Crippen LogP contribution in [0.15, 0.2) is 81.1 Å². The summed E-state index contributed by atoms with van der Waals surface area (Å²) in [5.41, 5.74) is 1.94. The molecule has 0 amide bonds. The lowest BCUT2D eigenvalue weighted by molar-refractivity contribution is 0.489. The molecule has 0 radical (unpaired) electrons. The summed E-state index contributed by atoms with van der Waals surface area (Å²) in [6.07, 6.45) is 3.42. The molecule has 0 atom stereocenters. The molecular weight excluding hydrogens is 342 g/mol. The monoisotopic (exact) mass is 359 g/mol. The van der Waals surface area contributed by atoms with Crippen molar-refractivity contribution in [1.82, 2.24) is 0 Å². The fourth-order valence-electron chi connectivity index (χ4n) is 2.74. The van der Waals surface area contributed by atoms with Crippen molar-refractivity contribution < 1.29 is 13.0 Å². The van der Waals surface area contributed by atoms with E-state index in [1.165, 1.54) is 0 Å². The average Bonchev–Trinajstić information content (AvgIpc) is 2.53. The van der Waals surface area contributed by atoms with Crippen molar-refractivity contribution in [3.8, 4) is 0 Å². The number of anilines is 2. The summed E-state index contributed by atoms with van der Waals surface area (Å²) in [5.74, 6) is 0. The Morgan fingerprint density at radius 2 is 1.54 bits per heavy atom. The number of nitrogens with zero attached hydrogens (tertiary/aromatic N) is 1. The molecule has 6 heteroatoms. The molecule has 4 nitrogen and oxygen atoms in total. The van der Waals surface area contributed by atoms with Crippen LogP contribution in [0, 0.1) is 0 Å². The number of benzene rings is 2. The molecule has 1 heterocycles. The molecule has 0 saturated heterocycles. The summed E-state index contributed by atoms with van der Waals surface area (Å²) in [6.45, 7) is 3.48. The van der Waals surface area contributed by atoms with Crippen LogP contribution in [0.5, 0.6) is 0 Å². The highest BCUT2D eigenvalue weighted by Crippen LogP contribution is 2.50. The number of hydrogen-bond donors (Lipinski definition) is 1. The van der Waals surface area contributed by atoms with Gasteiger partial charge in [-0.05, 0) is 43.7 Å². The fraction of sp³-hybridized carbons (Fsp3) is 0.111. The van der Waals surface area contributed by atoms with Crippen molar-refractivity contribution in [3.63, 3.8) is 0 Å². The molecule has 2 aromatic carbocycles. The second-order valence-corrected chi connectivity index (χ2v) is 7.76. The zero-order valence-corrected chi connectivity index (χ0v) is 14.9. The van der Waals surface area contributed by atoms with Gasteiger partial charge in [0.15, 0.2) is 5.03 Å². The van der Waals surface area contributed by atoms with Gasteiger partial charge < -0.3 is 0 Å². The first kappa shape index (κ1) is 16.8. The number of rotatable bonds is 3. The minimum Gasteiger partial charge on any atom is -0.296 e. The molecule has 0 saturated carbocycles. The first-order valence-corrected chi connectivity index (χ1v) is 9.66. The predicted octanol–water partition coefficient (Wildman–Crippen LogP) is 4.98. The van der Waals surface area contributed by atoms with Gasteiger partial charge in [0.25, 0.3) is 0 Å². The van der Waals surface area contributed by atoms with E-state index in [4.69, 9.17) is 0 Å². The Bertz CT molecular complexity index is 901. The number of allylic oxidation sites excluding steroid dienone is 3. The molecule has 24 heavy (non-hydrogen) atoms. The molecule has 0 fully saturated rings. The Morgan fingerprint density at radius 3 is 2.00 bits per heavy atom. The zero-order chi connectivity index (χ0) is 17.3. The molecule has 1 aliphatic rings. The van der Waals surface area contributed by atoms with Crippen molar-refractivity contribution in [2.45, 2.75) is 23.6 Å². The minimum atomic E-state index is -4.43. The quantitative estimate of drug-likeness (QED) is 0.618. The molecule has 0 aliphatic carbocycles. The van der Waals surface area contributed by atoms with Crippen LogP contribution >= 0.6 is 11.8 Å². The maximum Gasteiger partial charge on any atom is 0.310 e. The van der Waals surface area contributed by atoms with Crippen molar-refractivity contribution >= 4 is 33.3 Å². The van der Waals surface area contributed by atoms with Gasteiger partial charge in [0.05, 0.1) is 11.4 Å². The lowest BCUT2D eigenvalue weighted by Crippen LogP contribution is -2.26. The molecule has 0 spiro atoms. The van der Waals surface area contributed by atoms with Crippen LogP contribution in [-0.2, 0) is 10.1 Å². The van der Waals surface area contributed by atoms with Crippen LogP contribution in [0.3, 0.4) is 0 Å².